The third-order valence-corrected chi connectivity index (χ3v) is 6.05. The first-order valence-electron chi connectivity index (χ1n) is 10.3. The fraction of sp³-hybridized carbons (Fsp3) is 0.381. The lowest BCUT2D eigenvalue weighted by Crippen LogP contribution is -2.61. The van der Waals surface area contributed by atoms with Gasteiger partial charge in [-0.15, -0.1) is 17.5 Å². The molecule has 8 nitrogen and oxygen atoms in total. The SMILES string of the molecule is CCOc1ccc2c3cnn(-c4ccc(N5CC6CCC5CN6)nc4)c3nn2c1.Cl. The normalized spacial score (nSPS) is 20.6. The average molecular weight is 426 g/mol. The van der Waals surface area contributed by atoms with Crippen LogP contribution in [0.1, 0.15) is 19.8 Å². The number of aromatic nitrogens is 5. The molecule has 4 aromatic heterocycles. The first-order valence-corrected chi connectivity index (χ1v) is 10.3. The van der Waals surface area contributed by atoms with Crippen LogP contribution in [0.2, 0.25) is 0 Å². The molecule has 1 N–H and O–H groups in total. The molecule has 0 saturated carbocycles. The Morgan fingerprint density at radius 3 is 2.80 bits per heavy atom. The summed E-state index contributed by atoms with van der Waals surface area (Å²) in [6.07, 6.45) is 8.17. The zero-order chi connectivity index (χ0) is 19.4. The molecule has 0 radical (unpaired) electrons. The van der Waals surface area contributed by atoms with Gasteiger partial charge in [-0.1, -0.05) is 0 Å². The summed E-state index contributed by atoms with van der Waals surface area (Å²) in [7, 11) is 0. The van der Waals surface area contributed by atoms with Crippen LogP contribution >= 0.6 is 12.4 Å². The maximum atomic E-state index is 5.59. The van der Waals surface area contributed by atoms with Crippen LogP contribution in [0.3, 0.4) is 0 Å². The second kappa shape index (κ2) is 7.45. The number of nitrogens with one attached hydrogen (secondary N) is 1. The molecule has 7 heterocycles. The lowest BCUT2D eigenvalue weighted by molar-refractivity contribution is 0.289. The Balaban J connectivity index is 0.00000193. The number of hydrogen-bond acceptors (Lipinski definition) is 6. The monoisotopic (exact) mass is 425 g/mol. The fourth-order valence-electron chi connectivity index (χ4n) is 4.59. The topological polar surface area (TPSA) is 72.5 Å². The minimum Gasteiger partial charge on any atom is -0.492 e. The summed E-state index contributed by atoms with van der Waals surface area (Å²) in [5, 5.41) is 13.9. The first-order chi connectivity index (χ1) is 14.3. The van der Waals surface area contributed by atoms with Crippen LogP contribution in [0.5, 0.6) is 5.75 Å². The summed E-state index contributed by atoms with van der Waals surface area (Å²) < 4.78 is 9.30. The minimum atomic E-state index is 0. The van der Waals surface area contributed by atoms with E-state index >= 15 is 0 Å². The number of rotatable bonds is 4. The second-order valence-corrected chi connectivity index (χ2v) is 7.78. The largest absolute Gasteiger partial charge is 0.492 e. The van der Waals surface area contributed by atoms with Gasteiger partial charge in [0.25, 0.3) is 0 Å². The molecule has 3 fully saturated rings. The summed E-state index contributed by atoms with van der Waals surface area (Å²) >= 11 is 0. The summed E-state index contributed by atoms with van der Waals surface area (Å²) in [4.78, 5) is 7.20. The molecule has 3 aliphatic heterocycles. The lowest BCUT2D eigenvalue weighted by atomic mass is 9.93. The second-order valence-electron chi connectivity index (χ2n) is 7.78. The Morgan fingerprint density at radius 2 is 2.10 bits per heavy atom. The van der Waals surface area contributed by atoms with Gasteiger partial charge in [0.1, 0.15) is 11.6 Å². The molecular weight excluding hydrogens is 402 g/mol. The standard InChI is InChI=1S/C21H23N7O.ClH/c1-2-29-17-6-7-19-18-11-24-28(21(18)25-27(19)13-17)16-5-8-20(23-10-16)26-12-14-3-4-15(26)9-22-14;/h5-8,10-11,13-15,22H,2-4,9,12H2,1H3;1H. The first kappa shape index (κ1) is 19.1. The summed E-state index contributed by atoms with van der Waals surface area (Å²) in [6, 6.07) is 9.31. The number of piperidine rings is 2. The molecule has 0 aromatic carbocycles. The molecule has 0 spiro atoms. The van der Waals surface area contributed by atoms with Crippen molar-refractivity contribution >= 4 is 34.8 Å². The molecule has 4 aromatic rings. The van der Waals surface area contributed by atoms with E-state index in [4.69, 9.17) is 14.8 Å². The van der Waals surface area contributed by atoms with Gasteiger partial charge >= 0.3 is 0 Å². The molecule has 3 aliphatic rings. The number of fused-ring (bicyclic) bond motifs is 6. The van der Waals surface area contributed by atoms with Gasteiger partial charge in [0.2, 0.25) is 0 Å². The van der Waals surface area contributed by atoms with Crippen molar-refractivity contribution in [1.82, 2.24) is 29.7 Å². The fourth-order valence-corrected chi connectivity index (χ4v) is 4.59. The summed E-state index contributed by atoms with van der Waals surface area (Å²) in [5.41, 5.74) is 2.74. The number of anilines is 1. The summed E-state index contributed by atoms with van der Waals surface area (Å²) in [5.74, 6) is 1.85. The number of pyridine rings is 2. The smallest absolute Gasteiger partial charge is 0.185 e. The number of ether oxygens (including phenoxy) is 1. The predicted octanol–water partition coefficient (Wildman–Crippen LogP) is 2.83. The van der Waals surface area contributed by atoms with Gasteiger partial charge in [-0.05, 0) is 44.0 Å². The van der Waals surface area contributed by atoms with E-state index in [0.29, 0.717) is 18.7 Å². The predicted molar refractivity (Wildman–Crippen MR) is 118 cm³/mol. The molecule has 7 rings (SSSR count). The maximum Gasteiger partial charge on any atom is 0.185 e. The maximum absolute atomic E-state index is 5.59. The van der Waals surface area contributed by atoms with Crippen LogP contribution in [0, 0.1) is 0 Å². The summed E-state index contributed by atoms with van der Waals surface area (Å²) in [6.45, 7) is 4.70. The molecule has 30 heavy (non-hydrogen) atoms. The van der Waals surface area contributed by atoms with Crippen molar-refractivity contribution in [2.45, 2.75) is 31.8 Å². The third-order valence-electron chi connectivity index (χ3n) is 6.05. The van der Waals surface area contributed by atoms with Gasteiger partial charge in [0.05, 0.1) is 41.8 Å². The molecule has 0 aliphatic carbocycles. The molecule has 0 amide bonds. The third kappa shape index (κ3) is 2.98. The highest BCUT2D eigenvalue weighted by atomic mass is 35.5. The quantitative estimate of drug-likeness (QED) is 0.542. The Kier molecular flexibility index (Phi) is 4.75. The zero-order valence-electron chi connectivity index (χ0n) is 16.7. The van der Waals surface area contributed by atoms with Crippen molar-refractivity contribution in [2.24, 2.45) is 0 Å². The van der Waals surface area contributed by atoms with E-state index in [0.717, 1.165) is 46.9 Å². The Bertz CT molecular complexity index is 1180. The minimum absolute atomic E-state index is 0. The Labute approximate surface area is 180 Å². The highest BCUT2D eigenvalue weighted by Crippen LogP contribution is 2.28. The van der Waals surface area contributed by atoms with Gasteiger partial charge in [0.15, 0.2) is 5.65 Å². The van der Waals surface area contributed by atoms with Crippen molar-refractivity contribution in [3.05, 3.63) is 42.9 Å². The van der Waals surface area contributed by atoms with Crippen LogP contribution < -0.4 is 15.0 Å². The number of nitrogens with zero attached hydrogens (tertiary/aromatic N) is 6. The van der Waals surface area contributed by atoms with Gasteiger partial charge in [0, 0.05) is 25.2 Å². The van der Waals surface area contributed by atoms with Crippen molar-refractivity contribution in [1.29, 1.82) is 0 Å². The van der Waals surface area contributed by atoms with E-state index in [1.165, 1.54) is 12.8 Å². The highest BCUT2D eigenvalue weighted by Gasteiger charge is 2.33. The van der Waals surface area contributed by atoms with Crippen molar-refractivity contribution in [2.75, 3.05) is 24.6 Å². The van der Waals surface area contributed by atoms with E-state index in [1.807, 2.05) is 46.8 Å². The van der Waals surface area contributed by atoms with E-state index in [9.17, 15) is 0 Å². The van der Waals surface area contributed by atoms with Crippen LogP contribution in [0.4, 0.5) is 5.82 Å². The van der Waals surface area contributed by atoms with Crippen LogP contribution in [0.25, 0.3) is 22.2 Å². The molecular formula is C21H24ClN7O. The molecule has 3 saturated heterocycles. The Morgan fingerprint density at radius 1 is 1.17 bits per heavy atom. The van der Waals surface area contributed by atoms with E-state index in [1.54, 1.807) is 0 Å². The molecule has 2 unspecified atom stereocenters. The van der Waals surface area contributed by atoms with Crippen LogP contribution in [0.15, 0.2) is 42.9 Å². The molecule has 9 heteroatoms. The van der Waals surface area contributed by atoms with Crippen molar-refractivity contribution < 1.29 is 4.74 Å². The van der Waals surface area contributed by atoms with Crippen molar-refractivity contribution in [3.63, 3.8) is 0 Å². The molecule has 2 bridgehead atoms. The Hall–Kier alpha value is -2.84. The van der Waals surface area contributed by atoms with Crippen LogP contribution in [-0.4, -0.2) is 56.2 Å². The van der Waals surface area contributed by atoms with Gasteiger partial charge in [-0.25, -0.2) is 14.2 Å². The average Bonchev–Trinajstić information content (AvgIpc) is 3.34. The van der Waals surface area contributed by atoms with Crippen molar-refractivity contribution in [3.8, 4) is 11.4 Å². The number of hydrogen-bond donors (Lipinski definition) is 1. The van der Waals surface area contributed by atoms with E-state index in [2.05, 4.69) is 27.4 Å². The highest BCUT2D eigenvalue weighted by molar-refractivity contribution is 5.92. The molecule has 2 atom stereocenters. The van der Waals surface area contributed by atoms with Gasteiger partial charge in [-0.2, -0.15) is 5.10 Å². The zero-order valence-corrected chi connectivity index (χ0v) is 17.5. The van der Waals surface area contributed by atoms with Crippen LogP contribution in [-0.2, 0) is 0 Å². The number of piperazine rings is 1. The lowest BCUT2D eigenvalue weighted by Gasteiger charge is -2.46. The van der Waals surface area contributed by atoms with Gasteiger partial charge < -0.3 is 15.0 Å². The van der Waals surface area contributed by atoms with Gasteiger partial charge in [-0.3, -0.25) is 0 Å². The number of halogens is 1. The molecule has 156 valence electrons. The van der Waals surface area contributed by atoms with E-state index in [-0.39, 0.29) is 12.4 Å². The van der Waals surface area contributed by atoms with E-state index < -0.39 is 0 Å².